The van der Waals surface area contributed by atoms with Gasteiger partial charge in [0, 0.05) is 36.5 Å². The summed E-state index contributed by atoms with van der Waals surface area (Å²) in [6, 6.07) is 4.75. The molecule has 0 bridgehead atoms. The Morgan fingerprint density at radius 1 is 1.42 bits per heavy atom. The lowest BCUT2D eigenvalue weighted by molar-refractivity contribution is 0.265. The summed E-state index contributed by atoms with van der Waals surface area (Å²) in [7, 11) is 0. The van der Waals surface area contributed by atoms with Gasteiger partial charge < -0.3 is 0 Å². The number of fused-ring (bicyclic) bond motifs is 2. The molecule has 0 radical (unpaired) electrons. The molecule has 0 atom stereocenters. The van der Waals surface area contributed by atoms with Crippen LogP contribution in [0.15, 0.2) is 18.2 Å². The Bertz CT molecular complexity index is 627. The molecule has 0 N–H and O–H groups in total. The van der Waals surface area contributed by atoms with Crippen molar-refractivity contribution in [1.29, 1.82) is 0 Å². The van der Waals surface area contributed by atoms with Gasteiger partial charge >= 0.3 is 0 Å². The number of benzene rings is 1. The zero-order chi connectivity index (χ0) is 13.4. The second-order valence-electron chi connectivity index (χ2n) is 4.93. The molecule has 2 nitrogen and oxygen atoms in total. The van der Waals surface area contributed by atoms with Crippen molar-refractivity contribution in [3.63, 3.8) is 0 Å². The lowest BCUT2D eigenvalue weighted by Gasteiger charge is -2.29. The minimum absolute atomic E-state index is 0.233. The number of likely N-dealkylation sites (N-methyl/N-ethyl adjacent to an activating group) is 1. The van der Waals surface area contributed by atoms with E-state index in [9.17, 15) is 4.39 Å². The fourth-order valence-corrected chi connectivity index (χ4v) is 3.09. The van der Waals surface area contributed by atoms with Crippen LogP contribution in [0.25, 0.3) is 10.9 Å². The maximum atomic E-state index is 13.4. The molecular formula is C15H16ClFN2. The molecule has 0 saturated heterocycles. The average molecular weight is 279 g/mol. The van der Waals surface area contributed by atoms with Crippen LogP contribution in [0.2, 0.25) is 0 Å². The topological polar surface area (TPSA) is 16.1 Å². The van der Waals surface area contributed by atoms with Gasteiger partial charge in [-0.15, -0.1) is 11.6 Å². The summed E-state index contributed by atoms with van der Waals surface area (Å²) in [6.07, 6.45) is 0.945. The van der Waals surface area contributed by atoms with Crippen LogP contribution in [-0.4, -0.2) is 23.0 Å². The van der Waals surface area contributed by atoms with Gasteiger partial charge in [-0.1, -0.05) is 6.92 Å². The molecule has 1 aliphatic rings. The van der Waals surface area contributed by atoms with Gasteiger partial charge in [-0.2, -0.15) is 0 Å². The molecule has 0 amide bonds. The van der Waals surface area contributed by atoms with Crippen molar-refractivity contribution in [2.75, 3.05) is 13.1 Å². The average Bonchev–Trinajstić information content (AvgIpc) is 2.44. The standard InChI is InChI=1S/C15H16ClFN2/c1-2-19-6-5-15-13(9-19)12(8-16)11-7-10(17)3-4-14(11)18-15/h3-4,7H,2,5-6,8-9H2,1H3. The van der Waals surface area contributed by atoms with Gasteiger partial charge in [0.1, 0.15) is 5.82 Å². The smallest absolute Gasteiger partial charge is 0.123 e. The van der Waals surface area contributed by atoms with Crippen molar-refractivity contribution in [1.82, 2.24) is 9.88 Å². The Hall–Kier alpha value is -1.19. The molecule has 1 aromatic heterocycles. The first-order valence-electron chi connectivity index (χ1n) is 6.61. The van der Waals surface area contributed by atoms with Crippen LogP contribution < -0.4 is 0 Å². The molecule has 0 unspecified atom stereocenters. The van der Waals surface area contributed by atoms with E-state index in [4.69, 9.17) is 11.6 Å². The molecule has 0 spiro atoms. The number of rotatable bonds is 2. The lowest BCUT2D eigenvalue weighted by atomic mass is 9.97. The molecule has 0 saturated carbocycles. The third-order valence-electron chi connectivity index (χ3n) is 3.88. The van der Waals surface area contributed by atoms with E-state index in [1.165, 1.54) is 11.6 Å². The quantitative estimate of drug-likeness (QED) is 0.782. The molecule has 0 fully saturated rings. The molecule has 1 aliphatic heterocycles. The Morgan fingerprint density at radius 2 is 2.26 bits per heavy atom. The second kappa shape index (κ2) is 5.06. The van der Waals surface area contributed by atoms with Crippen LogP contribution >= 0.6 is 11.6 Å². The van der Waals surface area contributed by atoms with Crippen LogP contribution in [0.4, 0.5) is 4.39 Å². The number of aromatic nitrogens is 1. The van der Waals surface area contributed by atoms with E-state index >= 15 is 0 Å². The second-order valence-corrected chi connectivity index (χ2v) is 5.20. The van der Waals surface area contributed by atoms with Gasteiger partial charge in [0.2, 0.25) is 0 Å². The van der Waals surface area contributed by atoms with Crippen molar-refractivity contribution in [3.8, 4) is 0 Å². The SMILES string of the molecule is CCN1CCc2nc3ccc(F)cc3c(CCl)c2C1. The van der Waals surface area contributed by atoms with Crippen LogP contribution in [0.3, 0.4) is 0 Å². The summed E-state index contributed by atoms with van der Waals surface area (Å²) in [5.74, 6) is 0.173. The molecule has 4 heteroatoms. The number of halogens is 2. The summed E-state index contributed by atoms with van der Waals surface area (Å²) >= 11 is 6.12. The van der Waals surface area contributed by atoms with Crippen LogP contribution in [0.1, 0.15) is 23.7 Å². The van der Waals surface area contributed by atoms with Crippen molar-refractivity contribution in [2.24, 2.45) is 0 Å². The van der Waals surface area contributed by atoms with Gasteiger partial charge in [-0.3, -0.25) is 9.88 Å². The number of pyridine rings is 1. The first kappa shape index (κ1) is 12.8. The van der Waals surface area contributed by atoms with Crippen LogP contribution in [0, 0.1) is 5.82 Å². The highest BCUT2D eigenvalue weighted by Gasteiger charge is 2.21. The molecule has 2 aromatic rings. The van der Waals surface area contributed by atoms with Crippen molar-refractivity contribution >= 4 is 22.5 Å². The highest BCUT2D eigenvalue weighted by molar-refractivity contribution is 6.18. The van der Waals surface area contributed by atoms with Crippen molar-refractivity contribution in [2.45, 2.75) is 25.8 Å². The predicted molar refractivity (Wildman–Crippen MR) is 75.9 cm³/mol. The highest BCUT2D eigenvalue weighted by atomic mass is 35.5. The molecular weight excluding hydrogens is 263 g/mol. The zero-order valence-corrected chi connectivity index (χ0v) is 11.7. The maximum Gasteiger partial charge on any atom is 0.123 e. The van der Waals surface area contributed by atoms with E-state index in [0.717, 1.165) is 48.2 Å². The predicted octanol–water partition coefficient (Wildman–Crippen LogP) is 3.49. The molecule has 100 valence electrons. The van der Waals surface area contributed by atoms with Crippen molar-refractivity contribution < 1.29 is 4.39 Å². The van der Waals surface area contributed by atoms with Crippen LogP contribution in [-0.2, 0) is 18.8 Å². The number of nitrogens with zero attached hydrogens (tertiary/aromatic N) is 2. The fraction of sp³-hybridized carbons (Fsp3) is 0.400. The summed E-state index contributed by atoms with van der Waals surface area (Å²) < 4.78 is 13.4. The molecule has 0 aliphatic carbocycles. The Labute approximate surface area is 117 Å². The van der Waals surface area contributed by atoms with E-state index in [2.05, 4.69) is 16.8 Å². The van der Waals surface area contributed by atoms with Gasteiger partial charge in [-0.25, -0.2) is 4.39 Å². The summed E-state index contributed by atoms with van der Waals surface area (Å²) in [6.45, 7) is 5.07. The Balaban J connectivity index is 2.23. The number of alkyl halides is 1. The zero-order valence-electron chi connectivity index (χ0n) is 10.9. The van der Waals surface area contributed by atoms with Gasteiger partial charge in [0.05, 0.1) is 5.52 Å². The minimum Gasteiger partial charge on any atom is -0.299 e. The maximum absolute atomic E-state index is 13.4. The van der Waals surface area contributed by atoms with E-state index in [1.807, 2.05) is 0 Å². The number of hydrogen-bond acceptors (Lipinski definition) is 2. The monoisotopic (exact) mass is 278 g/mol. The normalized spacial score (nSPS) is 15.7. The molecule has 2 heterocycles. The van der Waals surface area contributed by atoms with Crippen LogP contribution in [0.5, 0.6) is 0 Å². The third kappa shape index (κ3) is 2.21. The highest BCUT2D eigenvalue weighted by Crippen LogP contribution is 2.29. The first-order valence-corrected chi connectivity index (χ1v) is 7.14. The summed E-state index contributed by atoms with van der Waals surface area (Å²) in [5, 5.41) is 0.853. The van der Waals surface area contributed by atoms with E-state index in [-0.39, 0.29) is 5.82 Å². The van der Waals surface area contributed by atoms with Gasteiger partial charge in [0.15, 0.2) is 0 Å². The fourth-order valence-electron chi connectivity index (χ4n) is 2.78. The summed E-state index contributed by atoms with van der Waals surface area (Å²) in [4.78, 5) is 7.05. The van der Waals surface area contributed by atoms with E-state index in [0.29, 0.717) is 5.88 Å². The Morgan fingerprint density at radius 3 is 3.00 bits per heavy atom. The van der Waals surface area contributed by atoms with E-state index in [1.54, 1.807) is 12.1 Å². The minimum atomic E-state index is -0.233. The third-order valence-corrected chi connectivity index (χ3v) is 4.15. The van der Waals surface area contributed by atoms with E-state index < -0.39 is 0 Å². The van der Waals surface area contributed by atoms with Gasteiger partial charge in [0.25, 0.3) is 0 Å². The molecule has 1 aromatic carbocycles. The summed E-state index contributed by atoms with van der Waals surface area (Å²) in [5.41, 5.74) is 4.21. The largest absolute Gasteiger partial charge is 0.299 e. The molecule has 19 heavy (non-hydrogen) atoms. The lowest BCUT2D eigenvalue weighted by Crippen LogP contribution is -2.31. The Kier molecular flexibility index (Phi) is 3.42. The van der Waals surface area contributed by atoms with Gasteiger partial charge in [-0.05, 0) is 35.9 Å². The molecule has 3 rings (SSSR count). The van der Waals surface area contributed by atoms with Crippen molar-refractivity contribution in [3.05, 3.63) is 40.8 Å². The first-order chi connectivity index (χ1) is 9.22. The number of hydrogen-bond donors (Lipinski definition) is 0.